The molecule has 0 aromatic heterocycles. The summed E-state index contributed by atoms with van der Waals surface area (Å²) < 4.78 is 23.0. The molecule has 2 atom stereocenters. The minimum Gasteiger partial charge on any atom is -0.477 e. The largest absolute Gasteiger partial charge is 0.477 e. The minimum atomic E-state index is -1.53. The molecule has 0 heterocycles. The van der Waals surface area contributed by atoms with E-state index in [1.807, 2.05) is 21.1 Å². The first kappa shape index (κ1) is 88.9. The second kappa shape index (κ2) is 73.7. The number of hydrogen-bond acceptors (Lipinski definition) is 7. The number of unbranched alkanes of at least 4 members (excludes halogenated alkanes) is 17. The quantitative estimate of drug-likeness (QED) is 0.0211. The maximum absolute atomic E-state index is 13.0. The van der Waals surface area contributed by atoms with Gasteiger partial charge in [0, 0.05) is 12.8 Å². The fourth-order valence-electron chi connectivity index (χ4n) is 9.43. The van der Waals surface area contributed by atoms with E-state index < -0.39 is 24.3 Å². The average molecular weight is 1310 g/mol. The van der Waals surface area contributed by atoms with Gasteiger partial charge in [0.2, 0.25) is 0 Å². The first-order valence-electron chi connectivity index (χ1n) is 37.2. The number of esters is 2. The van der Waals surface area contributed by atoms with Crippen LogP contribution in [0, 0.1) is 0 Å². The Morgan fingerprint density at radius 2 is 0.568 bits per heavy atom. The number of rotatable bonds is 66. The molecule has 9 nitrogen and oxygen atoms in total. The third-order valence-corrected chi connectivity index (χ3v) is 15.0. The van der Waals surface area contributed by atoms with Crippen LogP contribution in [0.2, 0.25) is 0 Å². The van der Waals surface area contributed by atoms with Gasteiger partial charge in [-0.25, -0.2) is 4.79 Å². The van der Waals surface area contributed by atoms with Gasteiger partial charge in [-0.3, -0.25) is 9.59 Å². The van der Waals surface area contributed by atoms with Crippen molar-refractivity contribution in [1.29, 1.82) is 0 Å². The number of allylic oxidation sites excluding steroid dienone is 34. The lowest BCUT2D eigenvalue weighted by Crippen LogP contribution is -2.40. The molecule has 0 amide bonds. The van der Waals surface area contributed by atoms with Crippen LogP contribution < -0.4 is 0 Å². The topological polar surface area (TPSA) is 108 Å². The van der Waals surface area contributed by atoms with E-state index in [0.717, 1.165) is 167 Å². The summed E-state index contributed by atoms with van der Waals surface area (Å²) >= 11 is 0. The molecule has 9 heteroatoms. The van der Waals surface area contributed by atoms with Crippen molar-refractivity contribution < 1.29 is 42.9 Å². The van der Waals surface area contributed by atoms with Crippen LogP contribution in [0.1, 0.15) is 258 Å². The molecule has 0 aliphatic heterocycles. The van der Waals surface area contributed by atoms with Crippen LogP contribution in [-0.4, -0.2) is 87.4 Å². The van der Waals surface area contributed by atoms with Crippen molar-refractivity contribution in [1.82, 2.24) is 0 Å². The van der Waals surface area contributed by atoms with Gasteiger partial charge in [-0.05, 0) is 148 Å². The molecule has 0 saturated carbocycles. The van der Waals surface area contributed by atoms with E-state index in [-0.39, 0.29) is 38.6 Å². The Labute approximate surface area is 582 Å². The number of carbonyl (C=O) groups is 3. The second-order valence-electron chi connectivity index (χ2n) is 25.1. The maximum atomic E-state index is 13.0. The molecule has 0 aliphatic carbocycles. The van der Waals surface area contributed by atoms with Gasteiger partial charge in [0.25, 0.3) is 6.29 Å². The maximum Gasteiger partial charge on any atom is 0.361 e. The van der Waals surface area contributed by atoms with Crippen LogP contribution in [-0.2, 0) is 33.3 Å². The predicted octanol–water partition coefficient (Wildman–Crippen LogP) is 23.9. The molecular formula is C86H136NO8+. The Hall–Kier alpha value is -6.13. The van der Waals surface area contributed by atoms with Crippen molar-refractivity contribution in [2.24, 2.45) is 0 Å². The smallest absolute Gasteiger partial charge is 0.361 e. The second-order valence-corrected chi connectivity index (χ2v) is 25.1. The molecular weight excluding hydrogens is 1170 g/mol. The zero-order valence-corrected chi connectivity index (χ0v) is 60.7. The van der Waals surface area contributed by atoms with Crippen LogP contribution in [0.25, 0.3) is 0 Å². The van der Waals surface area contributed by atoms with E-state index in [4.69, 9.17) is 18.9 Å². The third-order valence-electron chi connectivity index (χ3n) is 15.0. The predicted molar refractivity (Wildman–Crippen MR) is 409 cm³/mol. The Kier molecular flexibility index (Phi) is 68.9. The summed E-state index contributed by atoms with van der Waals surface area (Å²) in [5.41, 5.74) is 0. The van der Waals surface area contributed by atoms with Crippen LogP contribution in [0.4, 0.5) is 0 Å². The number of nitrogens with zero attached hydrogens (tertiary/aromatic N) is 1. The fraction of sp³-hybridized carbons (Fsp3) is 0.570. The van der Waals surface area contributed by atoms with Crippen LogP contribution >= 0.6 is 0 Å². The van der Waals surface area contributed by atoms with Crippen molar-refractivity contribution in [2.45, 2.75) is 270 Å². The Morgan fingerprint density at radius 1 is 0.316 bits per heavy atom. The number of carboxylic acid groups (broad SMARTS) is 1. The lowest BCUT2D eigenvalue weighted by molar-refractivity contribution is -0.870. The first-order chi connectivity index (χ1) is 46.6. The van der Waals surface area contributed by atoms with Gasteiger partial charge in [-0.15, -0.1) is 0 Å². The lowest BCUT2D eigenvalue weighted by Gasteiger charge is -2.25. The highest BCUT2D eigenvalue weighted by atomic mass is 16.7. The monoisotopic (exact) mass is 1310 g/mol. The zero-order valence-electron chi connectivity index (χ0n) is 60.7. The van der Waals surface area contributed by atoms with E-state index in [1.54, 1.807) is 0 Å². The molecule has 0 aromatic rings. The highest BCUT2D eigenvalue weighted by molar-refractivity contribution is 5.71. The number of ether oxygens (including phenoxy) is 4. The number of aliphatic carboxylic acids is 1. The van der Waals surface area contributed by atoms with Gasteiger partial charge in [-0.2, -0.15) is 0 Å². The molecule has 0 spiro atoms. The van der Waals surface area contributed by atoms with Gasteiger partial charge in [0.1, 0.15) is 13.2 Å². The van der Waals surface area contributed by atoms with E-state index in [2.05, 4.69) is 220 Å². The van der Waals surface area contributed by atoms with Crippen LogP contribution in [0.5, 0.6) is 0 Å². The molecule has 0 bridgehead atoms. The van der Waals surface area contributed by atoms with E-state index in [9.17, 15) is 19.5 Å². The number of likely N-dealkylation sites (N-methyl/N-ethyl adjacent to an activating group) is 1. The van der Waals surface area contributed by atoms with Crippen molar-refractivity contribution in [2.75, 3.05) is 47.5 Å². The van der Waals surface area contributed by atoms with Crippen molar-refractivity contribution in [3.8, 4) is 0 Å². The van der Waals surface area contributed by atoms with Gasteiger partial charge in [0.05, 0.1) is 34.4 Å². The van der Waals surface area contributed by atoms with Crippen molar-refractivity contribution >= 4 is 17.9 Å². The summed E-state index contributed by atoms with van der Waals surface area (Å²) in [6, 6.07) is 0. The summed E-state index contributed by atoms with van der Waals surface area (Å²) in [6.07, 6.45) is 112. The Bertz CT molecular complexity index is 2320. The molecule has 0 rings (SSSR count). The number of quaternary nitrogens is 1. The standard InChI is InChI=1S/C86H135NO8/c1-6-8-10-12-14-16-18-20-22-24-26-28-30-32-34-36-37-38-39-40-41-42-43-44-45-46-47-49-51-53-55-57-59-61-63-65-67-69-71-73-75-77-84(89)95-82(81-94-86(85(90)91)92-79-78-87(3,4)5)80-93-83(88)76-74-72-70-68-66-64-62-60-58-56-54-52-50-48-35-33-31-29-27-25-23-21-19-17-15-13-11-9-7-2/h8-11,14-17,20-23,26-29,32-35,37-38,40-41,43-44,46-47,50-53,57,59,82,86H,6-7,12-13,18-19,24-25,30-31,36,39,42,45,48-49,54-56,58,60-81H2,1-5H3/p+1/b10-8-,11-9-,16-14-,17-15-,22-20-,23-21-,28-26-,29-27-,34-32-,35-33-,38-37-,41-40-,44-43-,47-46-,52-50-,53-51-,59-57-. The summed E-state index contributed by atoms with van der Waals surface area (Å²) in [4.78, 5) is 37.7. The highest BCUT2D eigenvalue weighted by Crippen LogP contribution is 2.15. The zero-order chi connectivity index (χ0) is 69.0. The van der Waals surface area contributed by atoms with Gasteiger partial charge >= 0.3 is 17.9 Å². The normalized spacial score (nSPS) is 13.9. The van der Waals surface area contributed by atoms with Crippen molar-refractivity contribution in [3.05, 3.63) is 207 Å². The third kappa shape index (κ3) is 75.1. The first-order valence-corrected chi connectivity index (χ1v) is 37.2. The molecule has 95 heavy (non-hydrogen) atoms. The van der Waals surface area contributed by atoms with Gasteiger partial charge in [0.15, 0.2) is 6.10 Å². The summed E-state index contributed by atoms with van der Waals surface area (Å²) in [5.74, 6) is -2.05. The van der Waals surface area contributed by atoms with E-state index >= 15 is 0 Å². The Morgan fingerprint density at radius 3 is 0.842 bits per heavy atom. The average Bonchev–Trinajstić information content (AvgIpc) is 3.54. The summed E-state index contributed by atoms with van der Waals surface area (Å²) in [5, 5.41) is 9.76. The summed E-state index contributed by atoms with van der Waals surface area (Å²) in [7, 11) is 5.96. The highest BCUT2D eigenvalue weighted by Gasteiger charge is 2.25. The number of hydrogen-bond donors (Lipinski definition) is 1. The molecule has 1 N–H and O–H groups in total. The Balaban J connectivity index is 4.21. The van der Waals surface area contributed by atoms with Gasteiger partial charge in [-0.1, -0.05) is 304 Å². The van der Waals surface area contributed by atoms with E-state index in [1.165, 1.54) is 57.8 Å². The lowest BCUT2D eigenvalue weighted by atomic mass is 10.1. The molecule has 0 radical (unpaired) electrons. The SMILES string of the molecule is CC/C=C\C/C=C\C/C=C\C/C=C\C/C=C\C/C=C\C/C=C\C/C=C\C/C=C\C/C=C\C/C=C\CCCCCCCCCC(=O)OC(COC(=O)CCCCCCCCCCCC/C=C\C/C=C\C/C=C\C/C=C\C/C=C\C/C=C\CC)COC(OCC[N+](C)(C)C)C(=O)O. The molecule has 0 fully saturated rings. The number of carbonyl (C=O) groups excluding carboxylic acids is 2. The van der Waals surface area contributed by atoms with E-state index in [0.29, 0.717) is 17.4 Å². The molecule has 2 unspecified atom stereocenters. The van der Waals surface area contributed by atoms with Crippen LogP contribution in [0.3, 0.4) is 0 Å². The summed E-state index contributed by atoms with van der Waals surface area (Å²) in [6.45, 7) is 4.61. The fourth-order valence-corrected chi connectivity index (χ4v) is 9.43. The molecule has 0 saturated heterocycles. The molecule has 0 aromatic carbocycles. The van der Waals surface area contributed by atoms with Gasteiger partial charge < -0.3 is 28.5 Å². The van der Waals surface area contributed by atoms with Crippen molar-refractivity contribution in [3.63, 3.8) is 0 Å². The molecule has 0 aliphatic rings. The molecule has 532 valence electrons. The van der Waals surface area contributed by atoms with Crippen LogP contribution in [0.15, 0.2) is 207 Å². The minimum absolute atomic E-state index is 0.174. The number of carboxylic acids is 1.